The van der Waals surface area contributed by atoms with Gasteiger partial charge in [0.1, 0.15) is 0 Å². The fourth-order valence-corrected chi connectivity index (χ4v) is 3.42. The zero-order chi connectivity index (χ0) is 15.7. The Kier molecular flexibility index (Phi) is 4.13. The first-order valence-corrected chi connectivity index (χ1v) is 8.13. The summed E-state index contributed by atoms with van der Waals surface area (Å²) in [6, 6.07) is 14.6. The number of benzene rings is 2. The number of ketones is 1. The van der Waals surface area contributed by atoms with Crippen LogP contribution in [0.1, 0.15) is 17.3 Å². The molecular weight excluding hydrogens is 364 g/mol. The van der Waals surface area contributed by atoms with Crippen LogP contribution in [0, 0.1) is 0 Å². The van der Waals surface area contributed by atoms with Gasteiger partial charge in [-0.25, -0.2) is 0 Å². The highest BCUT2D eigenvalue weighted by Crippen LogP contribution is 2.34. The summed E-state index contributed by atoms with van der Waals surface area (Å²) in [4.78, 5) is 25.1. The van der Waals surface area contributed by atoms with Crippen molar-refractivity contribution in [3.8, 4) is 0 Å². The number of hydrogen-bond donors (Lipinski definition) is 0. The minimum atomic E-state index is -0.255. The van der Waals surface area contributed by atoms with Gasteiger partial charge in [-0.15, -0.1) is 0 Å². The number of carbonyl (C=O) groups is 2. The molecule has 0 radical (unpaired) electrons. The number of carbonyl (C=O) groups excluding carboxylic acids is 2. The number of hydrogen-bond acceptors (Lipinski definition) is 4. The summed E-state index contributed by atoms with van der Waals surface area (Å²) in [6.45, 7) is 1.42. The molecular formula is C16H11BrN2O2S. The number of nitrogens with zero attached hydrogens (tertiary/aromatic N) is 2. The summed E-state index contributed by atoms with van der Waals surface area (Å²) in [5.74, 6) is -0.406. The number of Topliss-reactive ketones (excluding diaryl/α,β-unsaturated/α-hetero) is 1. The molecule has 6 heteroatoms. The Labute approximate surface area is 140 Å². The number of fused-ring (bicyclic) bond motifs is 1. The van der Waals surface area contributed by atoms with Gasteiger partial charge in [0.25, 0.3) is 0 Å². The summed E-state index contributed by atoms with van der Waals surface area (Å²) in [7, 11) is 0. The fraction of sp³-hybridized carbons (Fsp3) is 0.0625. The van der Waals surface area contributed by atoms with Crippen molar-refractivity contribution in [2.45, 2.75) is 11.8 Å². The van der Waals surface area contributed by atoms with E-state index in [4.69, 9.17) is 0 Å². The van der Waals surface area contributed by atoms with E-state index >= 15 is 0 Å². The summed E-state index contributed by atoms with van der Waals surface area (Å²) in [5.41, 5.74) is 1.24. The first kappa shape index (κ1) is 15.0. The molecule has 0 fully saturated rings. The van der Waals surface area contributed by atoms with E-state index in [2.05, 4.69) is 21.0 Å². The van der Waals surface area contributed by atoms with Gasteiger partial charge in [-0.3, -0.25) is 9.59 Å². The van der Waals surface area contributed by atoms with Gasteiger partial charge in [-0.05, 0) is 30.3 Å². The molecule has 4 nitrogen and oxygen atoms in total. The number of thioether (sulfide) groups is 1. The van der Waals surface area contributed by atoms with Crippen molar-refractivity contribution in [3.63, 3.8) is 0 Å². The minimum absolute atomic E-state index is 0.151. The molecule has 1 heterocycles. The van der Waals surface area contributed by atoms with Crippen molar-refractivity contribution in [3.05, 3.63) is 58.6 Å². The van der Waals surface area contributed by atoms with Crippen molar-refractivity contribution >= 4 is 50.1 Å². The SMILES string of the molecule is CC(=O)N(/N=C1/Sc2ccccc2C1=O)c1cccc(Br)c1. The van der Waals surface area contributed by atoms with Crippen LogP contribution in [0.4, 0.5) is 5.69 Å². The lowest BCUT2D eigenvalue weighted by atomic mass is 10.1. The van der Waals surface area contributed by atoms with Crippen LogP contribution in [0.25, 0.3) is 0 Å². The molecule has 0 saturated heterocycles. The van der Waals surface area contributed by atoms with Crippen LogP contribution in [-0.4, -0.2) is 16.7 Å². The molecule has 0 atom stereocenters. The first-order valence-electron chi connectivity index (χ1n) is 6.53. The van der Waals surface area contributed by atoms with E-state index in [9.17, 15) is 9.59 Å². The molecule has 2 aromatic rings. The smallest absolute Gasteiger partial charge is 0.244 e. The van der Waals surface area contributed by atoms with Gasteiger partial charge in [0, 0.05) is 21.9 Å². The van der Waals surface area contributed by atoms with E-state index in [1.807, 2.05) is 30.3 Å². The minimum Gasteiger partial charge on any atom is -0.286 e. The second kappa shape index (κ2) is 6.06. The van der Waals surface area contributed by atoms with Gasteiger partial charge >= 0.3 is 0 Å². The van der Waals surface area contributed by atoms with Crippen molar-refractivity contribution in [1.29, 1.82) is 0 Å². The predicted octanol–water partition coefficient (Wildman–Crippen LogP) is 4.10. The standard InChI is InChI=1S/C16H11BrN2O2S/c1-10(20)19(12-6-4-5-11(17)9-12)18-16-15(21)13-7-2-3-8-14(13)22-16/h2-9H,1H3/b18-16+. The van der Waals surface area contributed by atoms with Crippen LogP contribution >= 0.6 is 27.7 Å². The van der Waals surface area contributed by atoms with Crippen LogP contribution in [0.2, 0.25) is 0 Å². The Bertz CT molecular complexity index is 804. The van der Waals surface area contributed by atoms with E-state index in [1.54, 1.807) is 18.2 Å². The Hall–Kier alpha value is -1.92. The second-order valence-corrected chi connectivity index (χ2v) is 6.59. The predicted molar refractivity (Wildman–Crippen MR) is 91.4 cm³/mol. The van der Waals surface area contributed by atoms with Crippen LogP contribution in [-0.2, 0) is 4.79 Å². The van der Waals surface area contributed by atoms with Gasteiger partial charge in [0.15, 0.2) is 5.04 Å². The molecule has 0 bridgehead atoms. The van der Waals surface area contributed by atoms with E-state index < -0.39 is 0 Å². The number of amides is 1. The molecule has 110 valence electrons. The van der Waals surface area contributed by atoms with Crippen LogP contribution in [0.15, 0.2) is 63.0 Å². The second-order valence-electron chi connectivity index (χ2n) is 4.64. The third kappa shape index (κ3) is 2.84. The van der Waals surface area contributed by atoms with Gasteiger partial charge in [0.2, 0.25) is 11.7 Å². The van der Waals surface area contributed by atoms with Crippen LogP contribution < -0.4 is 5.01 Å². The molecule has 2 aromatic carbocycles. The van der Waals surface area contributed by atoms with Crippen LogP contribution in [0.5, 0.6) is 0 Å². The van der Waals surface area contributed by atoms with E-state index in [0.29, 0.717) is 16.3 Å². The molecule has 0 saturated carbocycles. The zero-order valence-corrected chi connectivity index (χ0v) is 14.0. The maximum atomic E-state index is 12.4. The lowest BCUT2D eigenvalue weighted by Gasteiger charge is -2.15. The monoisotopic (exact) mass is 374 g/mol. The van der Waals surface area contributed by atoms with E-state index in [1.165, 1.54) is 23.7 Å². The third-order valence-corrected chi connectivity index (χ3v) is 4.60. The Morgan fingerprint density at radius 1 is 1.18 bits per heavy atom. The van der Waals surface area contributed by atoms with E-state index in [0.717, 1.165) is 9.37 Å². The molecule has 0 aliphatic carbocycles. The quantitative estimate of drug-likeness (QED) is 0.743. The van der Waals surface area contributed by atoms with Crippen LogP contribution in [0.3, 0.4) is 0 Å². The van der Waals surface area contributed by atoms with Gasteiger partial charge < -0.3 is 0 Å². The molecule has 0 aromatic heterocycles. The van der Waals surface area contributed by atoms with Crippen molar-refractivity contribution < 1.29 is 9.59 Å². The van der Waals surface area contributed by atoms with E-state index in [-0.39, 0.29) is 11.7 Å². The highest BCUT2D eigenvalue weighted by atomic mass is 79.9. The maximum Gasteiger partial charge on any atom is 0.244 e. The number of hydrazone groups is 1. The maximum absolute atomic E-state index is 12.4. The fourth-order valence-electron chi connectivity index (χ4n) is 2.08. The largest absolute Gasteiger partial charge is 0.286 e. The number of anilines is 1. The first-order chi connectivity index (χ1) is 10.6. The normalized spacial score (nSPS) is 15.0. The average Bonchev–Trinajstić information content (AvgIpc) is 2.81. The Morgan fingerprint density at radius 2 is 1.95 bits per heavy atom. The lowest BCUT2D eigenvalue weighted by Crippen LogP contribution is -2.24. The molecule has 0 spiro atoms. The van der Waals surface area contributed by atoms with Crippen molar-refractivity contribution in [1.82, 2.24) is 0 Å². The number of halogens is 1. The summed E-state index contributed by atoms with van der Waals surface area (Å²) in [6.07, 6.45) is 0. The lowest BCUT2D eigenvalue weighted by molar-refractivity contribution is -0.116. The zero-order valence-electron chi connectivity index (χ0n) is 11.6. The van der Waals surface area contributed by atoms with Crippen molar-refractivity contribution in [2.75, 3.05) is 5.01 Å². The Morgan fingerprint density at radius 3 is 2.64 bits per heavy atom. The van der Waals surface area contributed by atoms with Crippen molar-refractivity contribution in [2.24, 2.45) is 5.10 Å². The Balaban J connectivity index is 1.99. The molecule has 1 amide bonds. The van der Waals surface area contributed by atoms with Gasteiger partial charge in [0.05, 0.1) is 5.69 Å². The molecule has 0 N–H and O–H groups in total. The summed E-state index contributed by atoms with van der Waals surface area (Å²) in [5, 5.41) is 5.82. The molecule has 22 heavy (non-hydrogen) atoms. The molecule has 1 aliphatic rings. The topological polar surface area (TPSA) is 49.7 Å². The highest BCUT2D eigenvalue weighted by Gasteiger charge is 2.28. The molecule has 0 unspecified atom stereocenters. The summed E-state index contributed by atoms with van der Waals surface area (Å²) >= 11 is 4.65. The van der Waals surface area contributed by atoms with Gasteiger partial charge in [-0.1, -0.05) is 45.9 Å². The molecule has 1 aliphatic heterocycles. The highest BCUT2D eigenvalue weighted by molar-refractivity contribution is 9.10. The third-order valence-electron chi connectivity index (χ3n) is 3.07. The number of rotatable bonds is 2. The average molecular weight is 375 g/mol. The summed E-state index contributed by atoms with van der Waals surface area (Å²) < 4.78 is 0.838. The van der Waals surface area contributed by atoms with Gasteiger partial charge in [-0.2, -0.15) is 10.1 Å². The molecule has 3 rings (SSSR count).